The summed E-state index contributed by atoms with van der Waals surface area (Å²) >= 11 is 0. The number of halogens is 2. The fourth-order valence-corrected chi connectivity index (χ4v) is 5.98. The Bertz CT molecular complexity index is 1320. The predicted octanol–water partition coefficient (Wildman–Crippen LogP) is 5.61. The zero-order valence-corrected chi connectivity index (χ0v) is 20.5. The van der Waals surface area contributed by atoms with E-state index in [0.717, 1.165) is 5.56 Å². The van der Waals surface area contributed by atoms with Crippen LogP contribution in [0.2, 0.25) is 0 Å². The van der Waals surface area contributed by atoms with E-state index in [1.807, 2.05) is 6.07 Å². The van der Waals surface area contributed by atoms with Crippen LogP contribution in [-0.2, 0) is 9.73 Å². The summed E-state index contributed by atoms with van der Waals surface area (Å²) in [6.45, 7) is 4.85. The topological polar surface area (TPSA) is 101 Å². The Balaban J connectivity index is 1.75. The summed E-state index contributed by atoms with van der Waals surface area (Å²) in [5.41, 5.74) is 1.65. The minimum atomic E-state index is -2.52. The molecule has 2 atom stereocenters. The van der Waals surface area contributed by atoms with E-state index in [4.69, 9.17) is 9.52 Å². The first-order chi connectivity index (χ1) is 16.1. The van der Waals surface area contributed by atoms with Crippen molar-refractivity contribution in [2.24, 2.45) is 0 Å². The molecule has 0 bridgehead atoms. The van der Waals surface area contributed by atoms with Gasteiger partial charge >= 0.3 is 0 Å². The van der Waals surface area contributed by atoms with E-state index in [0.29, 0.717) is 58.5 Å². The molecule has 0 aliphatic carbocycles. The molecule has 3 heterocycles. The van der Waals surface area contributed by atoms with Crippen molar-refractivity contribution >= 4 is 26.6 Å². The van der Waals surface area contributed by atoms with E-state index in [9.17, 15) is 13.0 Å². The summed E-state index contributed by atoms with van der Waals surface area (Å²) in [6.07, 6.45) is -0.198. The number of pyridine rings is 1. The predicted molar refractivity (Wildman–Crippen MR) is 129 cm³/mol. The van der Waals surface area contributed by atoms with Crippen LogP contribution < -0.4 is 10.1 Å². The number of aromatic nitrogens is 3. The van der Waals surface area contributed by atoms with E-state index in [-0.39, 0.29) is 11.5 Å². The quantitative estimate of drug-likeness (QED) is 0.467. The van der Waals surface area contributed by atoms with Gasteiger partial charge < -0.3 is 10.1 Å². The van der Waals surface area contributed by atoms with Crippen molar-refractivity contribution in [3.63, 3.8) is 0 Å². The lowest BCUT2D eigenvalue weighted by molar-refractivity contribution is 0.360. The molecule has 2 aromatic heterocycles. The van der Waals surface area contributed by atoms with Crippen molar-refractivity contribution in [2.75, 3.05) is 23.9 Å². The fraction of sp³-hybridized carbons (Fsp3) is 0.458. The molecular formula is C24H29F2N5O2S. The van der Waals surface area contributed by atoms with E-state index in [1.165, 1.54) is 13.0 Å². The molecular weight excluding hydrogens is 460 g/mol. The molecule has 1 aromatic carbocycles. The van der Waals surface area contributed by atoms with Crippen molar-refractivity contribution in [3.8, 4) is 5.88 Å². The summed E-state index contributed by atoms with van der Waals surface area (Å²) in [5, 5.41) is 3.91. The van der Waals surface area contributed by atoms with Crippen molar-refractivity contribution in [1.82, 2.24) is 15.0 Å². The van der Waals surface area contributed by atoms with Gasteiger partial charge in [-0.15, -0.1) is 0 Å². The third-order valence-electron chi connectivity index (χ3n) is 6.32. The zero-order valence-electron chi connectivity index (χ0n) is 19.7. The Morgan fingerprint density at radius 1 is 1.18 bits per heavy atom. The van der Waals surface area contributed by atoms with Crippen LogP contribution >= 0.6 is 0 Å². The van der Waals surface area contributed by atoms with Gasteiger partial charge in [0.25, 0.3) is 0 Å². The van der Waals surface area contributed by atoms with Crippen molar-refractivity contribution in [1.29, 1.82) is 4.78 Å². The molecule has 7 nitrogen and oxygen atoms in total. The highest BCUT2D eigenvalue weighted by atomic mass is 32.2. The lowest BCUT2D eigenvalue weighted by atomic mass is 9.93. The van der Waals surface area contributed by atoms with Crippen LogP contribution in [0.4, 0.5) is 14.6 Å². The highest BCUT2D eigenvalue weighted by Gasteiger charge is 2.27. The first-order valence-electron chi connectivity index (χ1n) is 11.3. The van der Waals surface area contributed by atoms with Crippen LogP contribution in [0.15, 0.2) is 24.3 Å². The summed E-state index contributed by atoms with van der Waals surface area (Å²) in [4.78, 5) is 13.6. The number of nitrogens with zero attached hydrogens (tertiary/aromatic N) is 3. The largest absolute Gasteiger partial charge is 0.481 e. The molecule has 4 rings (SSSR count). The average molecular weight is 490 g/mol. The van der Waals surface area contributed by atoms with Gasteiger partial charge in [0, 0.05) is 37.9 Å². The van der Waals surface area contributed by atoms with Crippen LogP contribution in [0, 0.1) is 17.5 Å². The third kappa shape index (κ3) is 4.82. The number of hydrogen-bond acceptors (Lipinski definition) is 7. The Morgan fingerprint density at radius 2 is 1.85 bits per heavy atom. The summed E-state index contributed by atoms with van der Waals surface area (Å²) in [7, 11) is -0.974. The second-order valence-corrected chi connectivity index (χ2v) is 11.2. The second kappa shape index (κ2) is 9.40. The number of aryl methyl sites for hydroxylation is 1. The van der Waals surface area contributed by atoms with Gasteiger partial charge in [0.2, 0.25) is 5.88 Å². The second-order valence-electron chi connectivity index (χ2n) is 8.80. The maximum Gasteiger partial charge on any atom is 0.218 e. The van der Waals surface area contributed by atoms with Crippen LogP contribution in [0.3, 0.4) is 0 Å². The molecule has 1 aliphatic rings. The molecule has 3 aromatic rings. The van der Waals surface area contributed by atoms with Gasteiger partial charge in [-0.3, -0.25) is 4.78 Å². The standard InChI is InChI=1S/C24H29F2N5O2S/c1-13(25)17-6-5-7-18(21(17)26)14(2)28-22-20-12-19(16-8-10-34(27,32)11-9-16)24(33-4)31-23(20)30-15(3)29-22/h5-7,12-14,16,27H,8-11H2,1-4H3,(H,28,29,30,31)/t13?,14-,16?,34?/m1/s1. The van der Waals surface area contributed by atoms with Gasteiger partial charge in [-0.05, 0) is 45.6 Å². The lowest BCUT2D eigenvalue weighted by Crippen LogP contribution is -2.21. The number of fused-ring (bicyclic) bond motifs is 1. The lowest BCUT2D eigenvalue weighted by Gasteiger charge is -2.25. The molecule has 0 amide bonds. The molecule has 0 spiro atoms. The SMILES string of the molecule is COc1nc2nc(C)nc(N[C@H](C)c3cccc(C(C)F)c3F)c2cc1C1CCS(=N)(=O)CC1. The highest BCUT2D eigenvalue weighted by molar-refractivity contribution is 7.92. The monoisotopic (exact) mass is 489 g/mol. The number of hydrogen-bond donors (Lipinski definition) is 2. The van der Waals surface area contributed by atoms with E-state index in [2.05, 4.69) is 20.3 Å². The molecule has 1 saturated heterocycles. The van der Waals surface area contributed by atoms with Gasteiger partial charge in [0.05, 0.1) is 18.5 Å². The Kier molecular flexibility index (Phi) is 6.71. The number of rotatable bonds is 6. The molecule has 1 aliphatic heterocycles. The van der Waals surface area contributed by atoms with E-state index in [1.54, 1.807) is 33.1 Å². The van der Waals surface area contributed by atoms with E-state index < -0.39 is 27.8 Å². The number of ether oxygens (including phenoxy) is 1. The number of benzene rings is 1. The van der Waals surface area contributed by atoms with Crippen LogP contribution in [-0.4, -0.2) is 37.8 Å². The molecule has 34 heavy (non-hydrogen) atoms. The highest BCUT2D eigenvalue weighted by Crippen LogP contribution is 2.37. The summed E-state index contributed by atoms with van der Waals surface area (Å²) < 4.78 is 54.3. The van der Waals surface area contributed by atoms with Gasteiger partial charge in [-0.1, -0.05) is 18.2 Å². The molecule has 1 fully saturated rings. The first kappa shape index (κ1) is 24.3. The summed E-state index contributed by atoms with van der Waals surface area (Å²) in [6, 6.07) is 6.14. The Labute approximate surface area is 198 Å². The van der Waals surface area contributed by atoms with E-state index >= 15 is 0 Å². The zero-order chi connectivity index (χ0) is 24.6. The fourth-order valence-electron chi connectivity index (χ4n) is 4.44. The van der Waals surface area contributed by atoms with Crippen molar-refractivity contribution in [3.05, 3.63) is 52.6 Å². The van der Waals surface area contributed by atoms with Gasteiger partial charge in [0.1, 0.15) is 23.6 Å². The smallest absolute Gasteiger partial charge is 0.218 e. The number of anilines is 1. The molecule has 10 heteroatoms. The third-order valence-corrected chi connectivity index (χ3v) is 8.11. The molecule has 0 radical (unpaired) electrons. The van der Waals surface area contributed by atoms with Gasteiger partial charge in [0.15, 0.2) is 5.65 Å². The minimum absolute atomic E-state index is 0.0202. The maximum absolute atomic E-state index is 15.0. The number of alkyl halides is 1. The van der Waals surface area contributed by atoms with Crippen LogP contribution in [0.1, 0.15) is 67.3 Å². The number of nitrogens with one attached hydrogen (secondary N) is 2. The Hall–Kier alpha value is -2.88. The molecule has 1 unspecified atom stereocenters. The first-order valence-corrected chi connectivity index (χ1v) is 13.2. The van der Waals surface area contributed by atoms with Crippen molar-refractivity contribution < 1.29 is 17.7 Å². The molecule has 0 saturated carbocycles. The van der Waals surface area contributed by atoms with Crippen molar-refractivity contribution in [2.45, 2.75) is 51.7 Å². The average Bonchev–Trinajstić information content (AvgIpc) is 2.78. The Morgan fingerprint density at radius 3 is 2.50 bits per heavy atom. The van der Waals surface area contributed by atoms with Gasteiger partial charge in [-0.25, -0.2) is 23.0 Å². The van der Waals surface area contributed by atoms with Crippen LogP contribution in [0.25, 0.3) is 11.0 Å². The summed E-state index contributed by atoms with van der Waals surface area (Å²) in [5.74, 6) is 1.59. The number of methoxy groups -OCH3 is 1. The molecule has 182 valence electrons. The van der Waals surface area contributed by atoms with Gasteiger partial charge in [-0.2, -0.15) is 4.98 Å². The maximum atomic E-state index is 15.0. The minimum Gasteiger partial charge on any atom is -0.481 e. The molecule has 2 N–H and O–H groups in total. The normalized spacial score (nSPS) is 22.4. The van der Waals surface area contributed by atoms with Crippen LogP contribution in [0.5, 0.6) is 5.88 Å².